The van der Waals surface area contributed by atoms with E-state index >= 15 is 0 Å². The Bertz CT molecular complexity index is 424. The molecule has 2 bridgehead atoms. The Hall–Kier alpha value is -0.780. The van der Waals surface area contributed by atoms with Crippen LogP contribution in [0, 0.1) is 5.92 Å². The smallest absolute Gasteiger partial charge is 0.408 e. The van der Waals surface area contributed by atoms with Crippen LogP contribution in [0.25, 0.3) is 0 Å². The molecule has 1 unspecified atom stereocenters. The second-order valence-electron chi connectivity index (χ2n) is 7.43. The van der Waals surface area contributed by atoms with Crippen LogP contribution in [-0.2, 0) is 14.3 Å². The van der Waals surface area contributed by atoms with Gasteiger partial charge in [0.25, 0.3) is 0 Å². The summed E-state index contributed by atoms with van der Waals surface area (Å²) in [5.41, 5.74) is -0.863. The van der Waals surface area contributed by atoms with Crippen LogP contribution in [0.2, 0.25) is 0 Å². The zero-order chi connectivity index (χ0) is 16.4. The van der Waals surface area contributed by atoms with Gasteiger partial charge in [-0.2, -0.15) is 0 Å². The molecule has 0 aromatic carbocycles. The summed E-state index contributed by atoms with van der Waals surface area (Å²) >= 11 is 3.32. The van der Waals surface area contributed by atoms with Crippen molar-refractivity contribution >= 4 is 28.0 Å². The molecule has 126 valence electrons. The Morgan fingerprint density at radius 2 is 1.95 bits per heavy atom. The summed E-state index contributed by atoms with van der Waals surface area (Å²) in [6.45, 7) is 5.38. The fourth-order valence-electron chi connectivity index (χ4n) is 3.37. The zero-order valence-electron chi connectivity index (χ0n) is 13.6. The Kier molecular flexibility index (Phi) is 5.41. The van der Waals surface area contributed by atoms with Crippen molar-refractivity contribution in [1.29, 1.82) is 0 Å². The Labute approximate surface area is 140 Å². The first kappa shape index (κ1) is 17.6. The van der Waals surface area contributed by atoms with Gasteiger partial charge in [0.1, 0.15) is 17.2 Å². The molecule has 2 aliphatic carbocycles. The number of amides is 1. The number of alkyl carbamates (subject to hydrolysis) is 1. The van der Waals surface area contributed by atoms with Crippen LogP contribution in [0.15, 0.2) is 0 Å². The number of rotatable bonds is 5. The summed E-state index contributed by atoms with van der Waals surface area (Å²) in [6, 6.07) is -0.664. The Morgan fingerprint density at radius 1 is 1.32 bits per heavy atom. The molecular formula is C16H26BrNO4. The number of hydrogen-bond acceptors (Lipinski definition) is 4. The predicted octanol–water partition coefficient (Wildman–Crippen LogP) is 3.54. The van der Waals surface area contributed by atoms with E-state index in [1.54, 1.807) is 20.8 Å². The van der Waals surface area contributed by atoms with E-state index in [1.807, 2.05) is 0 Å². The highest BCUT2D eigenvalue weighted by Crippen LogP contribution is 2.50. The first-order chi connectivity index (χ1) is 10.2. The van der Waals surface area contributed by atoms with Crippen LogP contribution in [0.3, 0.4) is 0 Å². The lowest BCUT2D eigenvalue weighted by Gasteiger charge is -2.29. The van der Waals surface area contributed by atoms with E-state index in [2.05, 4.69) is 21.2 Å². The second kappa shape index (κ2) is 6.77. The Balaban J connectivity index is 1.92. The third-order valence-corrected chi connectivity index (χ3v) is 4.83. The van der Waals surface area contributed by atoms with Crippen LogP contribution < -0.4 is 5.32 Å². The van der Waals surface area contributed by atoms with Gasteiger partial charge < -0.3 is 14.8 Å². The SMILES string of the molecule is CC(C)(C)OC(=O)NC(CCBr)C(=O)OC12CCC(CC1)C2. The van der Waals surface area contributed by atoms with Gasteiger partial charge in [-0.05, 0) is 65.2 Å². The molecule has 0 aliphatic heterocycles. The van der Waals surface area contributed by atoms with E-state index in [1.165, 1.54) is 0 Å². The van der Waals surface area contributed by atoms with E-state index < -0.39 is 17.7 Å². The fraction of sp³-hybridized carbons (Fsp3) is 0.875. The molecule has 1 atom stereocenters. The molecule has 5 nitrogen and oxygen atoms in total. The number of hydrogen-bond donors (Lipinski definition) is 1. The standard InChI is InChI=1S/C16H26BrNO4/c1-15(2,3)22-14(20)18-12(6-9-17)13(19)21-16-7-4-11(10-16)5-8-16/h11-12H,4-10H2,1-3H3,(H,18,20). The molecule has 1 amide bonds. The normalized spacial score (nSPS) is 28.3. The third-order valence-electron chi connectivity index (χ3n) is 4.37. The van der Waals surface area contributed by atoms with Crippen molar-refractivity contribution in [2.24, 2.45) is 5.92 Å². The van der Waals surface area contributed by atoms with Crippen LogP contribution in [0.1, 0.15) is 59.3 Å². The van der Waals surface area contributed by atoms with Gasteiger partial charge in [-0.15, -0.1) is 0 Å². The van der Waals surface area contributed by atoms with Crippen LogP contribution in [0.5, 0.6) is 0 Å². The highest BCUT2D eigenvalue weighted by molar-refractivity contribution is 9.09. The van der Waals surface area contributed by atoms with E-state index in [4.69, 9.17) is 9.47 Å². The summed E-state index contributed by atoms with van der Waals surface area (Å²) in [7, 11) is 0. The van der Waals surface area contributed by atoms with Crippen molar-refractivity contribution in [3.05, 3.63) is 0 Å². The van der Waals surface area contributed by atoms with Gasteiger partial charge in [0.15, 0.2) is 0 Å². The van der Waals surface area contributed by atoms with E-state index in [-0.39, 0.29) is 11.6 Å². The molecule has 2 rings (SSSR count). The van der Waals surface area contributed by atoms with Crippen molar-refractivity contribution in [3.8, 4) is 0 Å². The minimum atomic E-state index is -0.664. The summed E-state index contributed by atoms with van der Waals surface area (Å²) in [6.07, 6.45) is 5.09. The van der Waals surface area contributed by atoms with E-state index in [0.717, 1.165) is 32.1 Å². The van der Waals surface area contributed by atoms with Gasteiger partial charge >= 0.3 is 12.1 Å². The monoisotopic (exact) mass is 375 g/mol. The Morgan fingerprint density at radius 3 is 2.41 bits per heavy atom. The second-order valence-corrected chi connectivity index (χ2v) is 8.22. The summed E-state index contributed by atoms with van der Waals surface area (Å²) < 4.78 is 11.0. The molecule has 0 radical (unpaired) electrons. The van der Waals surface area contributed by atoms with Crippen molar-refractivity contribution in [2.45, 2.75) is 76.5 Å². The molecule has 6 heteroatoms. The summed E-state index contributed by atoms with van der Waals surface area (Å²) in [4.78, 5) is 24.3. The third kappa shape index (κ3) is 4.61. The van der Waals surface area contributed by atoms with Gasteiger partial charge in [-0.3, -0.25) is 0 Å². The molecule has 0 aromatic heterocycles. The first-order valence-corrected chi connectivity index (χ1v) is 9.13. The average Bonchev–Trinajstić information content (AvgIpc) is 2.95. The maximum Gasteiger partial charge on any atom is 0.408 e. The largest absolute Gasteiger partial charge is 0.458 e. The van der Waals surface area contributed by atoms with Gasteiger partial charge in [0.2, 0.25) is 0 Å². The van der Waals surface area contributed by atoms with Crippen LogP contribution in [-0.4, -0.2) is 34.6 Å². The maximum absolute atomic E-state index is 12.5. The highest BCUT2D eigenvalue weighted by atomic mass is 79.9. The lowest BCUT2D eigenvalue weighted by molar-refractivity contribution is -0.161. The van der Waals surface area contributed by atoms with Gasteiger partial charge in [-0.1, -0.05) is 15.9 Å². The average molecular weight is 376 g/mol. The predicted molar refractivity (Wildman–Crippen MR) is 87.0 cm³/mol. The molecule has 0 aromatic rings. The van der Waals surface area contributed by atoms with Crippen molar-refractivity contribution < 1.29 is 19.1 Å². The minimum Gasteiger partial charge on any atom is -0.458 e. The maximum atomic E-state index is 12.5. The number of esters is 1. The molecule has 2 saturated carbocycles. The van der Waals surface area contributed by atoms with E-state index in [9.17, 15) is 9.59 Å². The number of carbonyl (C=O) groups excluding carboxylic acids is 2. The number of fused-ring (bicyclic) bond motifs is 2. The zero-order valence-corrected chi connectivity index (χ0v) is 15.2. The number of nitrogens with one attached hydrogen (secondary N) is 1. The molecular weight excluding hydrogens is 350 g/mol. The molecule has 0 saturated heterocycles. The number of alkyl halides is 1. The van der Waals surface area contributed by atoms with Crippen LogP contribution in [0.4, 0.5) is 4.79 Å². The van der Waals surface area contributed by atoms with E-state index in [0.29, 0.717) is 17.7 Å². The van der Waals surface area contributed by atoms with Gasteiger partial charge in [0, 0.05) is 5.33 Å². The van der Waals surface area contributed by atoms with Crippen molar-refractivity contribution in [2.75, 3.05) is 5.33 Å². The fourth-order valence-corrected chi connectivity index (χ4v) is 3.83. The lowest BCUT2D eigenvalue weighted by Crippen LogP contribution is -2.47. The minimum absolute atomic E-state index is 0.276. The number of carbonyl (C=O) groups is 2. The van der Waals surface area contributed by atoms with Gasteiger partial charge in [0.05, 0.1) is 0 Å². The molecule has 2 aliphatic rings. The summed E-state index contributed by atoms with van der Waals surface area (Å²) in [5.74, 6) is 0.370. The van der Waals surface area contributed by atoms with Crippen LogP contribution >= 0.6 is 15.9 Å². The number of ether oxygens (including phenoxy) is 2. The van der Waals surface area contributed by atoms with Crippen molar-refractivity contribution in [3.63, 3.8) is 0 Å². The highest BCUT2D eigenvalue weighted by Gasteiger charge is 2.48. The number of halogens is 1. The lowest BCUT2D eigenvalue weighted by atomic mass is 9.97. The summed E-state index contributed by atoms with van der Waals surface area (Å²) in [5, 5.41) is 3.25. The molecule has 22 heavy (non-hydrogen) atoms. The molecule has 0 spiro atoms. The topological polar surface area (TPSA) is 64.6 Å². The molecule has 1 N–H and O–H groups in total. The van der Waals surface area contributed by atoms with Crippen molar-refractivity contribution in [1.82, 2.24) is 5.32 Å². The quantitative estimate of drug-likeness (QED) is 0.589. The van der Waals surface area contributed by atoms with Gasteiger partial charge in [-0.25, -0.2) is 9.59 Å². The first-order valence-electron chi connectivity index (χ1n) is 8.01. The molecule has 2 fully saturated rings. The molecule has 0 heterocycles.